The van der Waals surface area contributed by atoms with Crippen LogP contribution in [0.15, 0.2) is 12.1 Å². The van der Waals surface area contributed by atoms with E-state index in [1.807, 2.05) is 19.1 Å². The van der Waals surface area contributed by atoms with E-state index in [2.05, 4.69) is 5.32 Å². The molecule has 0 bridgehead atoms. The summed E-state index contributed by atoms with van der Waals surface area (Å²) in [6, 6.07) is 4.61. The van der Waals surface area contributed by atoms with Crippen LogP contribution in [0.5, 0.6) is 11.5 Å². The quantitative estimate of drug-likeness (QED) is 0.845. The maximum Gasteiger partial charge on any atom is 1.00 e. The van der Waals surface area contributed by atoms with Crippen molar-refractivity contribution in [1.29, 1.82) is 0 Å². The monoisotopic (exact) mass is 319 g/mol. The van der Waals surface area contributed by atoms with E-state index >= 15 is 0 Å². The third kappa shape index (κ3) is 4.44. The normalized spacial score (nSPS) is 14.9. The van der Waals surface area contributed by atoms with Gasteiger partial charge in [0, 0.05) is 12.6 Å². The van der Waals surface area contributed by atoms with Gasteiger partial charge in [-0.05, 0) is 37.5 Å². The van der Waals surface area contributed by atoms with E-state index < -0.39 is 0 Å². The molecule has 1 saturated carbocycles. The predicted octanol–water partition coefficient (Wildman–Crippen LogP) is 0.896. The maximum absolute atomic E-state index is 6.23. The zero-order valence-corrected chi connectivity index (χ0v) is 13.6. The molecule has 0 spiro atoms. The first-order chi connectivity index (χ1) is 9.24. The Balaban J connectivity index is 0.00000200. The van der Waals surface area contributed by atoms with E-state index in [9.17, 15) is 0 Å². The zero-order chi connectivity index (χ0) is 13.7. The van der Waals surface area contributed by atoms with E-state index in [1.165, 1.54) is 25.7 Å². The smallest absolute Gasteiger partial charge is 1.00 e. The highest BCUT2D eigenvalue weighted by atomic mass is 35.5. The number of nitrogens with one attached hydrogen (secondary N) is 1. The van der Waals surface area contributed by atoms with Gasteiger partial charge < -0.3 is 27.2 Å². The molecule has 0 unspecified atom stereocenters. The van der Waals surface area contributed by atoms with Gasteiger partial charge in [0.2, 0.25) is 0 Å². The molecular weight excluding hydrogens is 297 g/mol. The number of ether oxygens (including phenoxy) is 2. The highest BCUT2D eigenvalue weighted by Gasteiger charge is 2.15. The molecule has 1 N–H and O–H groups in total. The average Bonchev–Trinajstić information content (AvgIpc) is 2.90. The first-order valence-electron chi connectivity index (χ1n) is 6.97. The number of hydrogen-bond donors (Lipinski definition) is 1. The van der Waals surface area contributed by atoms with Crippen molar-refractivity contribution < 1.29 is 23.3 Å². The molecule has 5 heteroatoms. The lowest BCUT2D eigenvalue weighted by atomic mass is 10.1. The molecule has 0 heterocycles. The van der Waals surface area contributed by atoms with E-state index in [0.717, 1.165) is 17.9 Å². The minimum absolute atomic E-state index is 0. The van der Waals surface area contributed by atoms with Gasteiger partial charge in [-0.3, -0.25) is 0 Å². The van der Waals surface area contributed by atoms with Crippen molar-refractivity contribution in [2.45, 2.75) is 45.2 Å². The largest absolute Gasteiger partial charge is 1.00 e. The molecule has 3 nitrogen and oxygen atoms in total. The van der Waals surface area contributed by atoms with Crippen LogP contribution in [-0.4, -0.2) is 19.8 Å². The molecule has 2 rings (SSSR count). The molecular formula is C15H23Cl2NO2. The molecule has 0 amide bonds. The summed E-state index contributed by atoms with van der Waals surface area (Å²) in [4.78, 5) is 0. The molecule has 1 aliphatic rings. The fraction of sp³-hybridized carbons (Fsp3) is 0.600. The van der Waals surface area contributed by atoms with Crippen molar-refractivity contribution in [3.63, 3.8) is 0 Å². The van der Waals surface area contributed by atoms with Gasteiger partial charge in [0.1, 0.15) is 0 Å². The Morgan fingerprint density at radius 1 is 1.35 bits per heavy atom. The Morgan fingerprint density at radius 2 is 2.05 bits per heavy atom. The van der Waals surface area contributed by atoms with Crippen LogP contribution in [0.3, 0.4) is 0 Å². The summed E-state index contributed by atoms with van der Waals surface area (Å²) in [5.41, 5.74) is 1.14. The fourth-order valence-corrected chi connectivity index (χ4v) is 2.89. The Hall–Kier alpha value is -0.640. The lowest BCUT2D eigenvalue weighted by molar-refractivity contribution is -0.00000469. The van der Waals surface area contributed by atoms with Crippen molar-refractivity contribution in [2.24, 2.45) is 0 Å². The molecule has 1 fully saturated rings. The zero-order valence-electron chi connectivity index (χ0n) is 13.0. The Labute approximate surface area is 133 Å². The third-order valence-electron chi connectivity index (χ3n) is 3.52. The van der Waals surface area contributed by atoms with Crippen molar-refractivity contribution in [2.75, 3.05) is 13.7 Å². The van der Waals surface area contributed by atoms with Gasteiger partial charge in [-0.15, -0.1) is 0 Å². The highest BCUT2D eigenvalue weighted by Crippen LogP contribution is 2.36. The topological polar surface area (TPSA) is 30.5 Å². The summed E-state index contributed by atoms with van der Waals surface area (Å²) in [5.74, 6) is 1.34. The van der Waals surface area contributed by atoms with Crippen LogP contribution in [0, 0.1) is 0 Å². The van der Waals surface area contributed by atoms with Crippen LogP contribution in [0.2, 0.25) is 5.02 Å². The first kappa shape index (κ1) is 17.4. The van der Waals surface area contributed by atoms with Crippen LogP contribution in [0.25, 0.3) is 0 Å². The number of methoxy groups -OCH3 is 1. The number of rotatable bonds is 6. The maximum atomic E-state index is 6.23. The Bertz CT molecular complexity index is 426. The summed E-state index contributed by atoms with van der Waals surface area (Å²) < 4.78 is 10.9. The van der Waals surface area contributed by atoms with Gasteiger partial charge in [-0.2, -0.15) is 0 Å². The van der Waals surface area contributed by atoms with E-state index in [-0.39, 0.29) is 13.8 Å². The van der Waals surface area contributed by atoms with Crippen LogP contribution in [0.1, 0.15) is 39.6 Å². The molecule has 0 radical (unpaired) electrons. The van der Waals surface area contributed by atoms with Crippen molar-refractivity contribution >= 4 is 11.6 Å². The average molecular weight is 320 g/mol. The van der Waals surface area contributed by atoms with Crippen LogP contribution < -0.4 is 27.2 Å². The molecule has 1 aliphatic carbocycles. The summed E-state index contributed by atoms with van der Waals surface area (Å²) in [6.45, 7) is 3.39. The minimum Gasteiger partial charge on any atom is -1.00 e. The van der Waals surface area contributed by atoms with Crippen LogP contribution in [0.4, 0.5) is 0 Å². The van der Waals surface area contributed by atoms with Crippen molar-refractivity contribution in [3.8, 4) is 11.5 Å². The number of benzene rings is 1. The highest BCUT2D eigenvalue weighted by molar-refractivity contribution is 6.32. The van der Waals surface area contributed by atoms with Crippen LogP contribution in [-0.2, 0) is 6.54 Å². The van der Waals surface area contributed by atoms with Gasteiger partial charge in [0.15, 0.2) is 11.5 Å². The molecule has 1 aromatic carbocycles. The van der Waals surface area contributed by atoms with Crippen molar-refractivity contribution in [1.82, 2.24) is 5.32 Å². The van der Waals surface area contributed by atoms with Crippen LogP contribution >= 0.6 is 11.6 Å². The van der Waals surface area contributed by atoms with Gasteiger partial charge in [0.05, 0.1) is 18.7 Å². The molecule has 0 aliphatic heterocycles. The Kier molecular flexibility index (Phi) is 7.49. The fourth-order valence-electron chi connectivity index (χ4n) is 2.58. The molecule has 0 saturated heterocycles. The van der Waals surface area contributed by atoms with Crippen molar-refractivity contribution in [3.05, 3.63) is 22.7 Å². The lowest BCUT2D eigenvalue weighted by Crippen LogP contribution is -3.00. The summed E-state index contributed by atoms with van der Waals surface area (Å²) in [7, 11) is 1.61. The number of halogens is 2. The van der Waals surface area contributed by atoms with E-state index in [0.29, 0.717) is 23.4 Å². The second-order valence-electron chi connectivity index (χ2n) is 4.90. The van der Waals surface area contributed by atoms with Gasteiger partial charge >= 0.3 is 1.43 Å². The van der Waals surface area contributed by atoms with E-state index in [4.69, 9.17) is 21.1 Å². The molecule has 20 heavy (non-hydrogen) atoms. The summed E-state index contributed by atoms with van der Waals surface area (Å²) in [5, 5.41) is 4.18. The Morgan fingerprint density at radius 3 is 2.65 bits per heavy atom. The third-order valence-corrected chi connectivity index (χ3v) is 3.80. The first-order valence-corrected chi connectivity index (χ1v) is 7.35. The SMILES string of the molecule is CCOc1cc(CNC2CCCC2)cc(Cl)c1OC.[Cl-].[H+]. The predicted molar refractivity (Wildman–Crippen MR) is 79.4 cm³/mol. The molecule has 0 aromatic heterocycles. The second kappa shape index (κ2) is 8.60. The van der Waals surface area contributed by atoms with E-state index in [1.54, 1.807) is 7.11 Å². The molecule has 114 valence electrons. The second-order valence-corrected chi connectivity index (χ2v) is 5.31. The van der Waals surface area contributed by atoms with Gasteiger partial charge in [-0.1, -0.05) is 24.4 Å². The molecule has 1 aromatic rings. The number of hydrogen-bond acceptors (Lipinski definition) is 3. The minimum atomic E-state index is 0. The summed E-state index contributed by atoms with van der Waals surface area (Å²) in [6.07, 6.45) is 5.24. The summed E-state index contributed by atoms with van der Waals surface area (Å²) >= 11 is 6.23. The molecule has 0 atom stereocenters. The van der Waals surface area contributed by atoms with Gasteiger partial charge in [-0.25, -0.2) is 0 Å². The lowest BCUT2D eigenvalue weighted by Gasteiger charge is -2.15. The van der Waals surface area contributed by atoms with Gasteiger partial charge in [0.25, 0.3) is 0 Å². The standard InChI is InChI=1S/C15H22ClNO2.ClH/c1-3-19-14-9-11(8-13(16)15(14)18-2)10-17-12-6-4-5-7-12;/h8-9,12,17H,3-7,10H2,1-2H3;1H.